The molecule has 0 bridgehead atoms. The molecule has 2 atom stereocenters. The third-order valence-electron chi connectivity index (χ3n) is 4.43. The lowest BCUT2D eigenvalue weighted by molar-refractivity contribution is -0.0693. The van der Waals surface area contributed by atoms with E-state index in [-0.39, 0.29) is 23.9 Å². The molecule has 0 spiro atoms. The summed E-state index contributed by atoms with van der Waals surface area (Å²) in [5.74, 6) is 0.449. The number of morpholine rings is 1. The maximum absolute atomic E-state index is 13.2. The van der Waals surface area contributed by atoms with E-state index in [4.69, 9.17) is 14.2 Å². The van der Waals surface area contributed by atoms with Crippen molar-refractivity contribution >= 4 is 5.91 Å². The topological polar surface area (TPSA) is 48.0 Å². The highest BCUT2D eigenvalue weighted by atomic mass is 19.1. The normalized spacial score (nSPS) is 19.9. The molecule has 2 aromatic carbocycles. The van der Waals surface area contributed by atoms with E-state index in [1.54, 1.807) is 35.2 Å². The van der Waals surface area contributed by atoms with Crippen molar-refractivity contribution in [2.24, 2.45) is 0 Å². The second-order valence-corrected chi connectivity index (χ2v) is 6.23. The molecule has 3 rings (SSSR count). The Balaban J connectivity index is 1.89. The fourth-order valence-corrected chi connectivity index (χ4v) is 3.20. The number of rotatable bonds is 4. The molecule has 2 unspecified atom stereocenters. The van der Waals surface area contributed by atoms with Gasteiger partial charge in [0.2, 0.25) is 0 Å². The Labute approximate surface area is 152 Å². The molecule has 138 valence electrons. The van der Waals surface area contributed by atoms with Crippen molar-refractivity contribution in [3.8, 4) is 11.5 Å². The van der Waals surface area contributed by atoms with Gasteiger partial charge in [-0.2, -0.15) is 0 Å². The van der Waals surface area contributed by atoms with Gasteiger partial charge < -0.3 is 19.1 Å². The fourth-order valence-electron chi connectivity index (χ4n) is 3.20. The van der Waals surface area contributed by atoms with E-state index < -0.39 is 0 Å². The average molecular weight is 359 g/mol. The Morgan fingerprint density at radius 2 is 1.69 bits per heavy atom. The molecule has 0 radical (unpaired) electrons. The van der Waals surface area contributed by atoms with Crippen LogP contribution in [0.2, 0.25) is 0 Å². The fraction of sp³-hybridized carbons (Fsp3) is 0.350. The third-order valence-corrected chi connectivity index (χ3v) is 4.43. The molecule has 1 fully saturated rings. The number of carbonyl (C=O) groups excluding carboxylic acids is 1. The van der Waals surface area contributed by atoms with Gasteiger partial charge in [-0.1, -0.05) is 18.2 Å². The van der Waals surface area contributed by atoms with Gasteiger partial charge in [0.25, 0.3) is 5.91 Å². The molecule has 1 saturated heterocycles. The van der Waals surface area contributed by atoms with Crippen molar-refractivity contribution in [3.63, 3.8) is 0 Å². The predicted molar refractivity (Wildman–Crippen MR) is 95.1 cm³/mol. The number of carbonyl (C=O) groups is 1. The summed E-state index contributed by atoms with van der Waals surface area (Å²) in [6.07, 6.45) is -0.465. The summed E-state index contributed by atoms with van der Waals surface area (Å²) in [5, 5.41) is 0. The summed E-state index contributed by atoms with van der Waals surface area (Å²) < 4.78 is 29.9. The minimum Gasteiger partial charge on any atom is -0.496 e. The van der Waals surface area contributed by atoms with Gasteiger partial charge in [0.05, 0.1) is 26.9 Å². The second-order valence-electron chi connectivity index (χ2n) is 6.23. The van der Waals surface area contributed by atoms with Crippen LogP contribution in [-0.4, -0.2) is 44.2 Å². The monoisotopic (exact) mass is 359 g/mol. The number of hydrogen-bond acceptors (Lipinski definition) is 4. The Morgan fingerprint density at radius 3 is 2.27 bits per heavy atom. The molecule has 6 heteroatoms. The van der Waals surface area contributed by atoms with Crippen LogP contribution >= 0.6 is 0 Å². The number of methoxy groups -OCH3 is 2. The molecule has 0 saturated carbocycles. The van der Waals surface area contributed by atoms with Crippen LogP contribution in [0.3, 0.4) is 0 Å². The van der Waals surface area contributed by atoms with Crippen molar-refractivity contribution < 1.29 is 23.4 Å². The summed E-state index contributed by atoms with van der Waals surface area (Å²) >= 11 is 0. The van der Waals surface area contributed by atoms with E-state index >= 15 is 0 Å². The first kappa shape index (κ1) is 18.2. The zero-order valence-corrected chi connectivity index (χ0v) is 15.1. The summed E-state index contributed by atoms with van der Waals surface area (Å²) in [7, 11) is 3.05. The van der Waals surface area contributed by atoms with E-state index in [1.165, 1.54) is 26.4 Å². The van der Waals surface area contributed by atoms with Crippen molar-refractivity contribution in [1.82, 2.24) is 4.90 Å². The van der Waals surface area contributed by atoms with Crippen LogP contribution in [0.5, 0.6) is 11.5 Å². The molecule has 0 aliphatic carbocycles. The van der Waals surface area contributed by atoms with Crippen molar-refractivity contribution in [2.75, 3.05) is 27.3 Å². The van der Waals surface area contributed by atoms with Gasteiger partial charge in [0, 0.05) is 6.54 Å². The van der Waals surface area contributed by atoms with Gasteiger partial charge in [-0.25, -0.2) is 4.39 Å². The average Bonchev–Trinajstić information content (AvgIpc) is 2.66. The number of halogens is 1. The molecule has 1 aliphatic heterocycles. The van der Waals surface area contributed by atoms with Crippen molar-refractivity contribution in [2.45, 2.75) is 19.1 Å². The van der Waals surface area contributed by atoms with E-state index in [0.29, 0.717) is 30.2 Å². The van der Waals surface area contributed by atoms with Gasteiger partial charge in [-0.05, 0) is 36.8 Å². The highest BCUT2D eigenvalue weighted by molar-refractivity contribution is 5.99. The first-order chi connectivity index (χ1) is 12.5. The van der Waals surface area contributed by atoms with Crippen molar-refractivity contribution in [1.29, 1.82) is 0 Å². The molecule has 5 nitrogen and oxygen atoms in total. The predicted octanol–water partition coefficient (Wildman–Crippen LogP) is 3.45. The number of hydrogen-bond donors (Lipinski definition) is 0. The highest BCUT2D eigenvalue weighted by Crippen LogP contribution is 2.32. The number of ether oxygens (including phenoxy) is 3. The number of nitrogens with zero attached hydrogens (tertiary/aromatic N) is 1. The maximum atomic E-state index is 13.2. The summed E-state index contributed by atoms with van der Waals surface area (Å²) in [6.45, 7) is 2.74. The van der Waals surface area contributed by atoms with Crippen LogP contribution in [0, 0.1) is 5.82 Å². The minimum atomic E-state index is -0.316. The molecule has 1 aliphatic rings. The van der Waals surface area contributed by atoms with Crippen LogP contribution < -0.4 is 9.47 Å². The minimum absolute atomic E-state index is 0.150. The lowest BCUT2D eigenvalue weighted by Gasteiger charge is -2.37. The second kappa shape index (κ2) is 7.74. The smallest absolute Gasteiger partial charge is 0.261 e. The van der Waals surface area contributed by atoms with E-state index in [9.17, 15) is 9.18 Å². The molecule has 1 amide bonds. The van der Waals surface area contributed by atoms with E-state index in [2.05, 4.69) is 0 Å². The molecular weight excluding hydrogens is 337 g/mol. The van der Waals surface area contributed by atoms with Crippen LogP contribution in [0.15, 0.2) is 42.5 Å². The molecule has 26 heavy (non-hydrogen) atoms. The first-order valence-electron chi connectivity index (χ1n) is 8.44. The third kappa shape index (κ3) is 3.65. The van der Waals surface area contributed by atoms with Gasteiger partial charge in [0.1, 0.15) is 29.0 Å². The summed E-state index contributed by atoms with van der Waals surface area (Å²) in [5.41, 5.74) is 1.23. The summed E-state index contributed by atoms with van der Waals surface area (Å²) in [4.78, 5) is 14.9. The molecular formula is C20H22FNO4. The Bertz CT molecular complexity index is 756. The molecule has 0 N–H and O–H groups in total. The lowest BCUT2D eigenvalue weighted by atomic mass is 10.0. The lowest BCUT2D eigenvalue weighted by Crippen LogP contribution is -2.46. The Hall–Kier alpha value is -2.60. The number of benzene rings is 2. The van der Waals surface area contributed by atoms with Gasteiger partial charge >= 0.3 is 0 Å². The van der Waals surface area contributed by atoms with Gasteiger partial charge in [0.15, 0.2) is 0 Å². The first-order valence-corrected chi connectivity index (χ1v) is 8.44. The Morgan fingerprint density at radius 1 is 1.08 bits per heavy atom. The molecule has 2 aromatic rings. The molecule has 1 heterocycles. The number of amides is 1. The van der Waals surface area contributed by atoms with Crippen molar-refractivity contribution in [3.05, 3.63) is 59.4 Å². The zero-order valence-electron chi connectivity index (χ0n) is 15.1. The van der Waals surface area contributed by atoms with Crippen LogP contribution in [-0.2, 0) is 4.74 Å². The molecule has 0 aromatic heterocycles. The van der Waals surface area contributed by atoms with Gasteiger partial charge in [-0.15, -0.1) is 0 Å². The standard InChI is InChI=1S/C20H22FNO4/c1-13-11-22(12-18(26-13)14-7-9-15(21)10-8-14)20(23)19-16(24-2)5-4-6-17(19)25-3/h4-10,13,18H,11-12H2,1-3H3. The van der Waals surface area contributed by atoms with E-state index in [1.807, 2.05) is 6.92 Å². The summed E-state index contributed by atoms with van der Waals surface area (Å²) in [6, 6.07) is 11.4. The van der Waals surface area contributed by atoms with E-state index in [0.717, 1.165) is 5.56 Å². The van der Waals surface area contributed by atoms with Crippen LogP contribution in [0.4, 0.5) is 4.39 Å². The maximum Gasteiger partial charge on any atom is 0.261 e. The largest absolute Gasteiger partial charge is 0.496 e. The SMILES string of the molecule is COc1cccc(OC)c1C(=O)N1CC(C)OC(c2ccc(F)cc2)C1. The zero-order chi connectivity index (χ0) is 18.7. The van der Waals surface area contributed by atoms with Crippen LogP contribution in [0.25, 0.3) is 0 Å². The highest BCUT2D eigenvalue weighted by Gasteiger charge is 2.32. The Kier molecular flexibility index (Phi) is 5.42. The quantitative estimate of drug-likeness (QED) is 0.839. The van der Waals surface area contributed by atoms with Crippen LogP contribution in [0.1, 0.15) is 28.9 Å². The van der Waals surface area contributed by atoms with Gasteiger partial charge in [-0.3, -0.25) is 4.79 Å².